The van der Waals surface area contributed by atoms with Gasteiger partial charge in [-0.15, -0.1) is 11.3 Å². The summed E-state index contributed by atoms with van der Waals surface area (Å²) >= 11 is 7.14. The molecule has 4 heteroatoms. The minimum Gasteiger partial charge on any atom is -0.481 e. The van der Waals surface area contributed by atoms with Crippen LogP contribution in [0.15, 0.2) is 12.1 Å². The number of carboxylic acid groups (broad SMARTS) is 1. The second kappa shape index (κ2) is 3.31. The fourth-order valence-corrected chi connectivity index (χ4v) is 2.73. The Hall–Kier alpha value is -0.540. The third-order valence-electron chi connectivity index (χ3n) is 2.26. The maximum Gasteiger partial charge on any atom is 0.312 e. The average Bonchev–Trinajstić information content (AvgIpc) is 2.76. The Labute approximate surface area is 85.1 Å². The Morgan fingerprint density at radius 1 is 1.62 bits per heavy atom. The maximum atomic E-state index is 11.0. The van der Waals surface area contributed by atoms with Crippen LogP contribution in [0, 0.1) is 5.92 Å². The molecule has 13 heavy (non-hydrogen) atoms. The molecule has 1 unspecified atom stereocenters. The summed E-state index contributed by atoms with van der Waals surface area (Å²) in [6, 6.07) is 3.59. The third kappa shape index (κ3) is 1.86. The monoisotopic (exact) mass is 216 g/mol. The second-order valence-corrected chi connectivity index (χ2v) is 5.04. The molecule has 1 heterocycles. The van der Waals surface area contributed by atoms with E-state index < -0.39 is 5.97 Å². The molecule has 0 spiro atoms. The molecule has 1 atom stereocenters. The lowest BCUT2D eigenvalue weighted by atomic mass is 10.0. The molecular formula is C9H9ClO2S. The van der Waals surface area contributed by atoms with Crippen molar-refractivity contribution in [2.45, 2.75) is 18.8 Å². The summed E-state index contributed by atoms with van der Waals surface area (Å²) in [5.74, 6) is -0.703. The summed E-state index contributed by atoms with van der Waals surface area (Å²) in [5, 5.41) is 9.01. The van der Waals surface area contributed by atoms with Crippen molar-refractivity contribution in [3.05, 3.63) is 21.3 Å². The molecule has 1 aliphatic rings. The van der Waals surface area contributed by atoms with Gasteiger partial charge in [-0.1, -0.05) is 11.6 Å². The Balaban J connectivity index is 2.24. The van der Waals surface area contributed by atoms with Crippen LogP contribution < -0.4 is 0 Å². The van der Waals surface area contributed by atoms with Gasteiger partial charge in [0, 0.05) is 4.88 Å². The van der Waals surface area contributed by atoms with Crippen molar-refractivity contribution in [1.82, 2.24) is 0 Å². The molecule has 1 N–H and O–H groups in total. The van der Waals surface area contributed by atoms with E-state index >= 15 is 0 Å². The number of carboxylic acids is 1. The van der Waals surface area contributed by atoms with Crippen molar-refractivity contribution in [3.63, 3.8) is 0 Å². The van der Waals surface area contributed by atoms with Gasteiger partial charge in [-0.25, -0.2) is 0 Å². The number of hydrogen-bond acceptors (Lipinski definition) is 2. The predicted octanol–water partition coefficient (Wildman–Crippen LogP) is 2.98. The highest BCUT2D eigenvalue weighted by molar-refractivity contribution is 7.16. The van der Waals surface area contributed by atoms with Crippen LogP contribution in [0.2, 0.25) is 4.34 Å². The molecule has 1 aliphatic carbocycles. The highest BCUT2D eigenvalue weighted by atomic mass is 35.5. The fraction of sp³-hybridized carbons (Fsp3) is 0.444. The zero-order valence-corrected chi connectivity index (χ0v) is 8.44. The van der Waals surface area contributed by atoms with Gasteiger partial charge >= 0.3 is 5.97 Å². The first-order valence-corrected chi connectivity index (χ1v) is 5.36. The lowest BCUT2D eigenvalue weighted by Gasteiger charge is -2.07. The average molecular weight is 217 g/mol. The van der Waals surface area contributed by atoms with Gasteiger partial charge in [0.1, 0.15) is 0 Å². The summed E-state index contributed by atoms with van der Waals surface area (Å²) in [7, 11) is 0. The third-order valence-corrected chi connectivity index (χ3v) is 3.57. The van der Waals surface area contributed by atoms with Crippen LogP contribution in [0.3, 0.4) is 0 Å². The van der Waals surface area contributed by atoms with Crippen LogP contribution in [-0.4, -0.2) is 11.1 Å². The quantitative estimate of drug-likeness (QED) is 0.844. The smallest absolute Gasteiger partial charge is 0.312 e. The van der Waals surface area contributed by atoms with Gasteiger partial charge in [0.25, 0.3) is 0 Å². The molecular weight excluding hydrogens is 208 g/mol. The number of halogens is 1. The van der Waals surface area contributed by atoms with Crippen molar-refractivity contribution >= 4 is 28.9 Å². The van der Waals surface area contributed by atoms with E-state index in [0.29, 0.717) is 10.3 Å². The van der Waals surface area contributed by atoms with Gasteiger partial charge in [-0.3, -0.25) is 4.79 Å². The Morgan fingerprint density at radius 3 is 2.69 bits per heavy atom. The van der Waals surface area contributed by atoms with Crippen molar-refractivity contribution in [1.29, 1.82) is 0 Å². The number of hydrogen-bond donors (Lipinski definition) is 1. The molecule has 0 bridgehead atoms. The van der Waals surface area contributed by atoms with Gasteiger partial charge in [-0.05, 0) is 30.9 Å². The van der Waals surface area contributed by atoms with Crippen LogP contribution >= 0.6 is 22.9 Å². The van der Waals surface area contributed by atoms with E-state index in [-0.39, 0.29) is 5.92 Å². The minimum atomic E-state index is -0.721. The standard InChI is InChI=1S/C9H9ClO2S/c10-7-4-3-6(13-7)8(9(11)12)5-1-2-5/h3-5,8H,1-2H2,(H,11,12). The van der Waals surface area contributed by atoms with E-state index in [1.807, 2.05) is 6.07 Å². The second-order valence-electron chi connectivity index (χ2n) is 3.30. The Bertz CT molecular complexity index is 330. The Kier molecular flexibility index (Phi) is 2.30. The maximum absolute atomic E-state index is 11.0. The number of thiophene rings is 1. The van der Waals surface area contributed by atoms with Crippen molar-refractivity contribution in [2.24, 2.45) is 5.92 Å². The van der Waals surface area contributed by atoms with E-state index in [1.165, 1.54) is 11.3 Å². The van der Waals surface area contributed by atoms with Crippen LogP contribution in [0.1, 0.15) is 23.6 Å². The van der Waals surface area contributed by atoms with Gasteiger partial charge < -0.3 is 5.11 Å². The molecule has 0 saturated heterocycles. The first kappa shape index (κ1) is 9.03. The summed E-state index contributed by atoms with van der Waals surface area (Å²) in [6.07, 6.45) is 2.07. The van der Waals surface area contributed by atoms with Gasteiger partial charge in [-0.2, -0.15) is 0 Å². The zero-order valence-electron chi connectivity index (χ0n) is 6.87. The summed E-state index contributed by atoms with van der Waals surface area (Å²) < 4.78 is 0.668. The molecule has 0 aromatic carbocycles. The number of rotatable bonds is 3. The number of carbonyl (C=O) groups is 1. The van der Waals surface area contributed by atoms with Gasteiger partial charge in [0.05, 0.1) is 10.3 Å². The molecule has 1 aromatic heterocycles. The van der Waals surface area contributed by atoms with Crippen molar-refractivity contribution in [2.75, 3.05) is 0 Å². The van der Waals surface area contributed by atoms with Crippen molar-refractivity contribution in [3.8, 4) is 0 Å². The predicted molar refractivity (Wildman–Crippen MR) is 52.4 cm³/mol. The van der Waals surface area contributed by atoms with Crippen LogP contribution in [-0.2, 0) is 4.79 Å². The van der Waals surface area contributed by atoms with Crippen LogP contribution in [0.25, 0.3) is 0 Å². The first-order chi connectivity index (χ1) is 6.18. The van der Waals surface area contributed by atoms with E-state index in [0.717, 1.165) is 17.7 Å². The molecule has 2 rings (SSSR count). The highest BCUT2D eigenvalue weighted by Gasteiger charge is 2.38. The Morgan fingerprint density at radius 2 is 2.31 bits per heavy atom. The molecule has 1 saturated carbocycles. The molecule has 0 aliphatic heterocycles. The lowest BCUT2D eigenvalue weighted by Crippen LogP contribution is -2.11. The van der Waals surface area contributed by atoms with Gasteiger partial charge in [0.15, 0.2) is 0 Å². The van der Waals surface area contributed by atoms with E-state index in [4.69, 9.17) is 16.7 Å². The fourth-order valence-electron chi connectivity index (χ4n) is 1.48. The van der Waals surface area contributed by atoms with Gasteiger partial charge in [0.2, 0.25) is 0 Å². The topological polar surface area (TPSA) is 37.3 Å². The summed E-state index contributed by atoms with van der Waals surface area (Å²) in [6.45, 7) is 0. The summed E-state index contributed by atoms with van der Waals surface area (Å²) in [5.41, 5.74) is 0. The lowest BCUT2D eigenvalue weighted by molar-refractivity contribution is -0.139. The van der Waals surface area contributed by atoms with Crippen LogP contribution in [0.4, 0.5) is 0 Å². The molecule has 70 valence electrons. The molecule has 0 amide bonds. The summed E-state index contributed by atoms with van der Waals surface area (Å²) in [4.78, 5) is 11.8. The van der Waals surface area contributed by atoms with E-state index in [1.54, 1.807) is 6.07 Å². The molecule has 1 aromatic rings. The van der Waals surface area contributed by atoms with Crippen molar-refractivity contribution < 1.29 is 9.90 Å². The molecule has 1 fully saturated rings. The SMILES string of the molecule is O=C(O)C(c1ccc(Cl)s1)C1CC1. The van der Waals surface area contributed by atoms with E-state index in [2.05, 4.69) is 0 Å². The minimum absolute atomic E-state index is 0.322. The first-order valence-electron chi connectivity index (χ1n) is 4.16. The number of aliphatic carboxylic acids is 1. The van der Waals surface area contributed by atoms with Crippen LogP contribution in [0.5, 0.6) is 0 Å². The van der Waals surface area contributed by atoms with E-state index in [9.17, 15) is 4.79 Å². The molecule has 0 radical (unpaired) electrons. The molecule has 2 nitrogen and oxygen atoms in total. The normalized spacial score (nSPS) is 18.5. The largest absolute Gasteiger partial charge is 0.481 e. The zero-order chi connectivity index (χ0) is 9.42. The highest BCUT2D eigenvalue weighted by Crippen LogP contribution is 2.45.